The monoisotopic (exact) mass is 289 g/mol. The number of nitrogens with one attached hydrogen (secondary N) is 1. The van der Waals surface area contributed by atoms with Crippen LogP contribution in [0, 0.1) is 5.92 Å². The van der Waals surface area contributed by atoms with Gasteiger partial charge in [0.25, 0.3) is 5.91 Å². The van der Waals surface area contributed by atoms with Crippen molar-refractivity contribution in [2.75, 3.05) is 6.54 Å². The highest BCUT2D eigenvalue weighted by molar-refractivity contribution is 7.33. The van der Waals surface area contributed by atoms with Gasteiger partial charge in [-0.25, -0.2) is 0 Å². The first-order chi connectivity index (χ1) is 9.15. The van der Waals surface area contributed by atoms with Crippen molar-refractivity contribution in [2.24, 2.45) is 5.92 Å². The smallest absolute Gasteiger partial charge is 0.261 e. The Bertz CT molecular complexity index is 739. The molecule has 1 aromatic carbocycles. The van der Waals surface area contributed by atoms with Crippen molar-refractivity contribution in [3.05, 3.63) is 35.2 Å². The van der Waals surface area contributed by atoms with Crippen molar-refractivity contribution < 1.29 is 4.79 Å². The molecule has 0 atom stereocenters. The number of hydrogen-bond donors (Lipinski definition) is 1. The van der Waals surface area contributed by atoms with E-state index in [1.165, 1.54) is 19.5 Å². The molecule has 98 valence electrons. The Balaban J connectivity index is 1.96. The minimum absolute atomic E-state index is 0.0474. The highest BCUT2D eigenvalue weighted by Gasteiger charge is 2.14. The Morgan fingerprint density at radius 1 is 1.21 bits per heavy atom. The lowest BCUT2D eigenvalue weighted by Gasteiger charge is -2.05. The highest BCUT2D eigenvalue weighted by Crippen LogP contribution is 2.39. The van der Waals surface area contributed by atoms with Crippen LogP contribution in [0.5, 0.6) is 0 Å². The molecule has 2 aromatic heterocycles. The third kappa shape index (κ3) is 2.38. The molecule has 0 aliphatic heterocycles. The molecule has 0 aliphatic rings. The molecule has 0 fully saturated rings. The molecule has 2 heterocycles. The number of thiophene rings is 2. The van der Waals surface area contributed by atoms with E-state index in [0.29, 0.717) is 5.92 Å². The average Bonchev–Trinajstić information content (AvgIpc) is 2.93. The van der Waals surface area contributed by atoms with E-state index in [1.54, 1.807) is 22.7 Å². The van der Waals surface area contributed by atoms with Gasteiger partial charge in [0.1, 0.15) is 0 Å². The van der Waals surface area contributed by atoms with Crippen LogP contribution in [0.2, 0.25) is 0 Å². The van der Waals surface area contributed by atoms with Gasteiger partial charge >= 0.3 is 0 Å². The number of fused-ring (bicyclic) bond motifs is 3. The normalized spacial score (nSPS) is 11.5. The number of rotatable bonds is 3. The van der Waals surface area contributed by atoms with Crippen LogP contribution < -0.4 is 5.32 Å². The molecule has 0 saturated heterocycles. The Morgan fingerprint density at radius 3 is 2.79 bits per heavy atom. The Morgan fingerprint density at radius 2 is 2.00 bits per heavy atom. The molecule has 4 heteroatoms. The van der Waals surface area contributed by atoms with Gasteiger partial charge in [-0.15, -0.1) is 22.7 Å². The first-order valence-electron chi connectivity index (χ1n) is 6.34. The second kappa shape index (κ2) is 4.94. The van der Waals surface area contributed by atoms with E-state index in [9.17, 15) is 4.79 Å². The maximum Gasteiger partial charge on any atom is 0.261 e. The van der Waals surface area contributed by atoms with Gasteiger partial charge in [0.15, 0.2) is 0 Å². The zero-order valence-electron chi connectivity index (χ0n) is 10.9. The molecule has 0 unspecified atom stereocenters. The van der Waals surface area contributed by atoms with Crippen molar-refractivity contribution >= 4 is 48.1 Å². The number of carbonyl (C=O) groups is 1. The summed E-state index contributed by atoms with van der Waals surface area (Å²) in [6.45, 7) is 4.92. The molecule has 0 aliphatic carbocycles. The standard InChI is InChI=1S/C15H15NOS2/c1-9(2)8-16-15(17)13-7-12-14(19-13)10-5-3-4-6-11(10)18-12/h3-7,9H,8H2,1-2H3,(H,16,17). The Hall–Kier alpha value is -1.39. The largest absolute Gasteiger partial charge is 0.351 e. The van der Waals surface area contributed by atoms with Crippen LogP contribution in [0.4, 0.5) is 0 Å². The molecule has 0 bridgehead atoms. The zero-order valence-corrected chi connectivity index (χ0v) is 12.5. The number of amides is 1. The molecule has 0 radical (unpaired) electrons. The summed E-state index contributed by atoms with van der Waals surface area (Å²) in [5.74, 6) is 0.525. The molecule has 1 amide bonds. The van der Waals surface area contributed by atoms with E-state index in [-0.39, 0.29) is 5.91 Å². The molecular weight excluding hydrogens is 274 g/mol. The predicted molar refractivity (Wildman–Crippen MR) is 84.4 cm³/mol. The summed E-state index contributed by atoms with van der Waals surface area (Å²) in [6.07, 6.45) is 0. The Kier molecular flexibility index (Phi) is 3.29. The number of benzene rings is 1. The summed E-state index contributed by atoms with van der Waals surface area (Å²) in [4.78, 5) is 12.9. The van der Waals surface area contributed by atoms with E-state index < -0.39 is 0 Å². The van der Waals surface area contributed by atoms with Gasteiger partial charge in [0.05, 0.1) is 9.58 Å². The van der Waals surface area contributed by atoms with Gasteiger partial charge in [0, 0.05) is 21.3 Å². The second-order valence-corrected chi connectivity index (χ2v) is 7.14. The lowest BCUT2D eigenvalue weighted by molar-refractivity contribution is 0.0953. The van der Waals surface area contributed by atoms with Crippen molar-refractivity contribution in [1.29, 1.82) is 0 Å². The molecule has 3 aromatic rings. The quantitative estimate of drug-likeness (QED) is 0.755. The number of hydrogen-bond acceptors (Lipinski definition) is 3. The van der Waals surface area contributed by atoms with Gasteiger partial charge < -0.3 is 5.32 Å². The van der Waals surface area contributed by atoms with Crippen LogP contribution in [-0.4, -0.2) is 12.5 Å². The first-order valence-corrected chi connectivity index (χ1v) is 7.97. The highest BCUT2D eigenvalue weighted by atomic mass is 32.1. The van der Waals surface area contributed by atoms with E-state index >= 15 is 0 Å². The van der Waals surface area contributed by atoms with Crippen LogP contribution in [0.1, 0.15) is 23.5 Å². The molecular formula is C15H15NOS2. The molecule has 2 nitrogen and oxygen atoms in total. The van der Waals surface area contributed by atoms with E-state index in [0.717, 1.165) is 11.4 Å². The topological polar surface area (TPSA) is 29.1 Å². The summed E-state index contributed by atoms with van der Waals surface area (Å²) >= 11 is 3.35. The molecule has 0 saturated carbocycles. The van der Waals surface area contributed by atoms with Crippen LogP contribution in [0.25, 0.3) is 19.5 Å². The van der Waals surface area contributed by atoms with Crippen molar-refractivity contribution in [1.82, 2.24) is 5.32 Å². The minimum Gasteiger partial charge on any atom is -0.351 e. The number of carbonyl (C=O) groups excluding carboxylic acids is 1. The SMILES string of the molecule is CC(C)CNC(=O)c1cc2sc3ccccc3c2s1. The van der Waals surface area contributed by atoms with Gasteiger partial charge in [0.2, 0.25) is 0 Å². The lowest BCUT2D eigenvalue weighted by Crippen LogP contribution is -2.26. The third-order valence-electron chi connectivity index (χ3n) is 2.94. The van der Waals surface area contributed by atoms with E-state index in [1.807, 2.05) is 12.1 Å². The maximum absolute atomic E-state index is 12.1. The first kappa shape index (κ1) is 12.6. The molecule has 0 spiro atoms. The lowest BCUT2D eigenvalue weighted by atomic mass is 10.2. The zero-order chi connectivity index (χ0) is 13.4. The van der Waals surface area contributed by atoms with Crippen LogP contribution in [0.3, 0.4) is 0 Å². The summed E-state index contributed by atoms with van der Waals surface area (Å²) < 4.78 is 3.73. The van der Waals surface area contributed by atoms with Crippen LogP contribution in [0.15, 0.2) is 30.3 Å². The maximum atomic E-state index is 12.1. The molecule has 19 heavy (non-hydrogen) atoms. The van der Waals surface area contributed by atoms with Crippen LogP contribution in [-0.2, 0) is 0 Å². The van der Waals surface area contributed by atoms with E-state index in [4.69, 9.17) is 0 Å². The summed E-state index contributed by atoms with van der Waals surface area (Å²) in [6, 6.07) is 10.4. The van der Waals surface area contributed by atoms with Crippen molar-refractivity contribution in [2.45, 2.75) is 13.8 Å². The fourth-order valence-electron chi connectivity index (χ4n) is 2.00. The van der Waals surface area contributed by atoms with Gasteiger partial charge in [-0.05, 0) is 18.1 Å². The van der Waals surface area contributed by atoms with Gasteiger partial charge in [-0.1, -0.05) is 32.0 Å². The fraction of sp³-hybridized carbons (Fsp3) is 0.267. The summed E-state index contributed by atoms with van der Waals surface area (Å²) in [7, 11) is 0. The second-order valence-electron chi connectivity index (χ2n) is 5.01. The fourth-order valence-corrected chi connectivity index (χ4v) is 4.44. The third-order valence-corrected chi connectivity index (χ3v) is 5.36. The van der Waals surface area contributed by atoms with Crippen molar-refractivity contribution in [3.8, 4) is 0 Å². The van der Waals surface area contributed by atoms with E-state index in [2.05, 4.69) is 37.4 Å². The Labute approximate surface area is 120 Å². The van der Waals surface area contributed by atoms with Gasteiger partial charge in [-0.2, -0.15) is 0 Å². The summed E-state index contributed by atoms with van der Waals surface area (Å²) in [5, 5.41) is 4.23. The molecule has 1 N–H and O–H groups in total. The van der Waals surface area contributed by atoms with Gasteiger partial charge in [-0.3, -0.25) is 4.79 Å². The average molecular weight is 289 g/mol. The molecule has 3 rings (SSSR count). The predicted octanol–water partition coefficient (Wildman–Crippen LogP) is 4.50. The summed E-state index contributed by atoms with van der Waals surface area (Å²) in [5.41, 5.74) is 0. The van der Waals surface area contributed by atoms with Crippen LogP contribution >= 0.6 is 22.7 Å². The minimum atomic E-state index is 0.0474. The van der Waals surface area contributed by atoms with Crippen molar-refractivity contribution in [3.63, 3.8) is 0 Å².